The van der Waals surface area contributed by atoms with E-state index in [2.05, 4.69) is 0 Å². The molecule has 1 aromatic carbocycles. The molecule has 17 heavy (non-hydrogen) atoms. The van der Waals surface area contributed by atoms with Crippen LogP contribution in [0.1, 0.15) is 18.4 Å². The highest BCUT2D eigenvalue weighted by molar-refractivity contribution is 5.76. The van der Waals surface area contributed by atoms with E-state index in [4.69, 9.17) is 5.11 Å². The molecule has 0 heterocycles. The van der Waals surface area contributed by atoms with Crippen molar-refractivity contribution in [2.75, 3.05) is 0 Å². The molecule has 0 saturated heterocycles. The van der Waals surface area contributed by atoms with Gasteiger partial charge in [-0.25, -0.2) is 4.39 Å². The summed E-state index contributed by atoms with van der Waals surface area (Å²) in [4.78, 5) is 10.9. The van der Waals surface area contributed by atoms with Crippen molar-refractivity contribution in [3.05, 3.63) is 35.6 Å². The van der Waals surface area contributed by atoms with Crippen LogP contribution in [0.2, 0.25) is 0 Å². The van der Waals surface area contributed by atoms with Crippen molar-refractivity contribution in [2.24, 2.45) is 5.92 Å². The van der Waals surface area contributed by atoms with E-state index >= 15 is 0 Å². The smallest absolute Gasteiger partial charge is 0.392 e. The van der Waals surface area contributed by atoms with Gasteiger partial charge in [0, 0.05) is 0 Å². The van der Waals surface area contributed by atoms with Crippen LogP contribution >= 0.6 is 0 Å². The summed E-state index contributed by atoms with van der Waals surface area (Å²) in [6.45, 7) is 0.794. The Morgan fingerprint density at radius 3 is 2.06 bits per heavy atom. The maximum Gasteiger partial charge on any atom is 0.392 e. The number of carboxylic acids is 1. The van der Waals surface area contributed by atoms with Crippen LogP contribution in [0.4, 0.5) is 17.6 Å². The Morgan fingerprint density at radius 2 is 1.71 bits per heavy atom. The third kappa shape index (κ3) is 3.18. The van der Waals surface area contributed by atoms with Gasteiger partial charge in [-0.15, -0.1) is 0 Å². The van der Waals surface area contributed by atoms with Crippen molar-refractivity contribution in [1.82, 2.24) is 0 Å². The molecule has 2 nitrogen and oxygen atoms in total. The molecule has 0 spiro atoms. The summed E-state index contributed by atoms with van der Waals surface area (Å²) >= 11 is 0. The normalized spacial score (nSPS) is 15.4. The summed E-state index contributed by atoms with van der Waals surface area (Å²) in [5.41, 5.74) is -0.0660. The third-order valence-corrected chi connectivity index (χ3v) is 2.51. The predicted octanol–water partition coefficient (Wildman–Crippen LogP) is 3.19. The molecule has 1 unspecified atom stereocenters. The van der Waals surface area contributed by atoms with Crippen LogP contribution in [0, 0.1) is 11.7 Å². The number of hydrogen-bond acceptors (Lipinski definition) is 1. The van der Waals surface area contributed by atoms with Crippen LogP contribution in [0.3, 0.4) is 0 Å². The second kappa shape index (κ2) is 4.73. The first-order valence-electron chi connectivity index (χ1n) is 4.78. The molecule has 0 aliphatic rings. The Bertz CT molecular complexity index is 397. The molecule has 0 saturated carbocycles. The number of benzene rings is 1. The lowest BCUT2D eigenvalue weighted by atomic mass is 9.87. The van der Waals surface area contributed by atoms with Crippen LogP contribution in [0.5, 0.6) is 0 Å². The molecular formula is C11H10F4O2. The summed E-state index contributed by atoms with van der Waals surface area (Å²) in [7, 11) is 0. The lowest BCUT2D eigenvalue weighted by molar-refractivity contribution is -0.183. The first-order chi connectivity index (χ1) is 7.73. The monoisotopic (exact) mass is 250 g/mol. The van der Waals surface area contributed by atoms with Gasteiger partial charge in [0.25, 0.3) is 0 Å². The SMILES string of the molecule is C[C@H](C(C(=O)O)c1ccc(F)cc1)C(F)(F)F. The number of alkyl halides is 3. The zero-order valence-corrected chi connectivity index (χ0v) is 8.83. The Kier molecular flexibility index (Phi) is 3.75. The van der Waals surface area contributed by atoms with Crippen LogP contribution in [-0.2, 0) is 4.79 Å². The largest absolute Gasteiger partial charge is 0.481 e. The highest BCUT2D eigenvalue weighted by Gasteiger charge is 2.44. The van der Waals surface area contributed by atoms with Gasteiger partial charge in [-0.2, -0.15) is 13.2 Å². The minimum atomic E-state index is -4.61. The number of hydrogen-bond donors (Lipinski definition) is 1. The fourth-order valence-corrected chi connectivity index (χ4v) is 1.50. The number of carbonyl (C=O) groups is 1. The zero-order valence-electron chi connectivity index (χ0n) is 8.83. The number of carboxylic acid groups (broad SMARTS) is 1. The summed E-state index contributed by atoms with van der Waals surface area (Å²) in [5.74, 6) is -5.97. The molecule has 0 bridgehead atoms. The Labute approximate surface area is 94.9 Å². The van der Waals surface area contributed by atoms with E-state index < -0.39 is 29.8 Å². The van der Waals surface area contributed by atoms with E-state index in [1.165, 1.54) is 0 Å². The molecule has 1 N–H and O–H groups in total. The summed E-state index contributed by atoms with van der Waals surface area (Å²) in [5, 5.41) is 8.84. The molecule has 0 aliphatic heterocycles. The topological polar surface area (TPSA) is 37.3 Å². The van der Waals surface area contributed by atoms with E-state index in [0.29, 0.717) is 0 Å². The average molecular weight is 250 g/mol. The van der Waals surface area contributed by atoms with Gasteiger partial charge in [0.15, 0.2) is 0 Å². The van der Waals surface area contributed by atoms with Gasteiger partial charge in [0.2, 0.25) is 0 Å². The van der Waals surface area contributed by atoms with E-state index in [0.717, 1.165) is 31.2 Å². The molecule has 2 atom stereocenters. The fourth-order valence-electron chi connectivity index (χ4n) is 1.50. The fraction of sp³-hybridized carbons (Fsp3) is 0.364. The van der Waals surface area contributed by atoms with Gasteiger partial charge in [0.05, 0.1) is 11.8 Å². The molecule has 0 aliphatic carbocycles. The third-order valence-electron chi connectivity index (χ3n) is 2.51. The predicted molar refractivity (Wildman–Crippen MR) is 52.0 cm³/mol. The first-order valence-corrected chi connectivity index (χ1v) is 4.78. The maximum atomic E-state index is 12.6. The van der Waals surface area contributed by atoms with E-state index in [9.17, 15) is 22.4 Å². The van der Waals surface area contributed by atoms with Gasteiger partial charge >= 0.3 is 12.1 Å². The minimum absolute atomic E-state index is 0.0660. The average Bonchev–Trinajstić information content (AvgIpc) is 2.19. The van der Waals surface area contributed by atoms with Crippen molar-refractivity contribution in [3.8, 4) is 0 Å². The number of aliphatic carboxylic acids is 1. The van der Waals surface area contributed by atoms with Crippen LogP contribution < -0.4 is 0 Å². The highest BCUT2D eigenvalue weighted by atomic mass is 19.4. The van der Waals surface area contributed by atoms with Gasteiger partial charge in [-0.1, -0.05) is 19.1 Å². The molecule has 0 amide bonds. The quantitative estimate of drug-likeness (QED) is 0.836. The van der Waals surface area contributed by atoms with Gasteiger partial charge < -0.3 is 5.11 Å². The molecule has 6 heteroatoms. The van der Waals surface area contributed by atoms with Gasteiger partial charge in [0.1, 0.15) is 5.82 Å². The molecular weight excluding hydrogens is 240 g/mol. The number of halogens is 4. The standard InChI is InChI=1S/C11H10F4O2/c1-6(11(13,14)15)9(10(16)17)7-2-4-8(12)5-3-7/h2-6,9H,1H3,(H,16,17)/t6-,9?/m1/s1. The van der Waals surface area contributed by atoms with Gasteiger partial charge in [-0.05, 0) is 17.7 Å². The van der Waals surface area contributed by atoms with Crippen molar-refractivity contribution in [2.45, 2.75) is 19.0 Å². The number of rotatable bonds is 3. The van der Waals surface area contributed by atoms with Crippen LogP contribution in [0.15, 0.2) is 24.3 Å². The minimum Gasteiger partial charge on any atom is -0.481 e. The maximum absolute atomic E-state index is 12.6. The molecule has 0 radical (unpaired) electrons. The summed E-state index contributed by atoms with van der Waals surface area (Å²) in [6, 6.07) is 3.98. The lowest BCUT2D eigenvalue weighted by Crippen LogP contribution is -2.31. The molecule has 1 rings (SSSR count). The summed E-state index contributed by atoms with van der Waals surface area (Å²) < 4.78 is 50.1. The van der Waals surface area contributed by atoms with E-state index in [-0.39, 0.29) is 5.56 Å². The zero-order chi connectivity index (χ0) is 13.2. The Balaban J connectivity index is 3.10. The van der Waals surface area contributed by atoms with Gasteiger partial charge in [-0.3, -0.25) is 4.79 Å². The van der Waals surface area contributed by atoms with Crippen molar-refractivity contribution in [1.29, 1.82) is 0 Å². The first kappa shape index (κ1) is 13.5. The highest BCUT2D eigenvalue weighted by Crippen LogP contribution is 2.37. The lowest BCUT2D eigenvalue weighted by Gasteiger charge is -2.22. The van der Waals surface area contributed by atoms with Crippen molar-refractivity contribution in [3.63, 3.8) is 0 Å². The second-order valence-corrected chi connectivity index (χ2v) is 3.70. The molecule has 0 aromatic heterocycles. The summed E-state index contributed by atoms with van der Waals surface area (Å²) in [6.07, 6.45) is -4.61. The second-order valence-electron chi connectivity index (χ2n) is 3.70. The molecule has 1 aromatic rings. The molecule has 94 valence electrons. The van der Waals surface area contributed by atoms with Crippen molar-refractivity contribution < 1.29 is 27.5 Å². The molecule has 0 fully saturated rings. The van der Waals surface area contributed by atoms with Crippen molar-refractivity contribution >= 4 is 5.97 Å². The van der Waals surface area contributed by atoms with Crippen LogP contribution in [-0.4, -0.2) is 17.3 Å². The Hall–Kier alpha value is -1.59. The van der Waals surface area contributed by atoms with E-state index in [1.54, 1.807) is 0 Å². The van der Waals surface area contributed by atoms with Crippen LogP contribution in [0.25, 0.3) is 0 Å². The van der Waals surface area contributed by atoms with E-state index in [1.807, 2.05) is 0 Å². The Morgan fingerprint density at radius 1 is 1.24 bits per heavy atom.